The maximum absolute atomic E-state index is 12.3. The predicted octanol–water partition coefficient (Wildman–Crippen LogP) is 2.01. The normalized spacial score (nSPS) is 34.4. The van der Waals surface area contributed by atoms with Crippen LogP contribution in [-0.2, 0) is 4.79 Å². The van der Waals surface area contributed by atoms with Crippen molar-refractivity contribution in [2.24, 2.45) is 23.5 Å². The lowest BCUT2D eigenvalue weighted by molar-refractivity contribution is -0.135. The summed E-state index contributed by atoms with van der Waals surface area (Å²) in [5.41, 5.74) is 5.86. The van der Waals surface area contributed by atoms with Gasteiger partial charge in [0.05, 0.1) is 0 Å². The van der Waals surface area contributed by atoms with Gasteiger partial charge in [-0.1, -0.05) is 13.8 Å². The van der Waals surface area contributed by atoms with Gasteiger partial charge in [-0.25, -0.2) is 0 Å². The fraction of sp³-hybridized carbons (Fsp3) is 0.929. The number of nitrogens with two attached hydrogens (primary N) is 1. The predicted molar refractivity (Wildman–Crippen MR) is 69.5 cm³/mol. The average Bonchev–Trinajstić information content (AvgIpc) is 2.75. The molecule has 1 amide bonds. The molecule has 2 fully saturated rings. The van der Waals surface area contributed by atoms with Crippen molar-refractivity contribution >= 4 is 5.91 Å². The SMILES string of the molecule is CC(C)C1CCC(C(=O)N2CC[C@H](N)C2)CC1. The molecule has 2 rings (SSSR count). The molecule has 1 aliphatic carbocycles. The molecular weight excluding hydrogens is 212 g/mol. The third kappa shape index (κ3) is 3.01. The van der Waals surface area contributed by atoms with Crippen molar-refractivity contribution in [3.8, 4) is 0 Å². The summed E-state index contributed by atoms with van der Waals surface area (Å²) in [5, 5.41) is 0. The smallest absolute Gasteiger partial charge is 0.225 e. The lowest BCUT2D eigenvalue weighted by Gasteiger charge is -2.32. The zero-order valence-electron chi connectivity index (χ0n) is 11.2. The van der Waals surface area contributed by atoms with Crippen molar-refractivity contribution in [1.29, 1.82) is 0 Å². The molecule has 0 aromatic carbocycles. The van der Waals surface area contributed by atoms with Gasteiger partial charge in [0.15, 0.2) is 0 Å². The van der Waals surface area contributed by atoms with Crippen LogP contribution in [0.25, 0.3) is 0 Å². The zero-order valence-corrected chi connectivity index (χ0v) is 11.2. The molecule has 1 saturated carbocycles. The standard InChI is InChI=1S/C14H26N2O/c1-10(2)11-3-5-12(6-4-11)14(17)16-8-7-13(15)9-16/h10-13H,3-9,15H2,1-2H3/t11?,12?,13-/m0/s1. The van der Waals surface area contributed by atoms with E-state index in [0.29, 0.717) is 5.91 Å². The molecule has 0 aromatic heterocycles. The highest BCUT2D eigenvalue weighted by atomic mass is 16.2. The Hall–Kier alpha value is -0.570. The molecule has 0 aromatic rings. The fourth-order valence-electron chi connectivity index (χ4n) is 3.28. The first-order chi connectivity index (χ1) is 8.08. The van der Waals surface area contributed by atoms with E-state index in [1.54, 1.807) is 0 Å². The van der Waals surface area contributed by atoms with Crippen LogP contribution in [0.5, 0.6) is 0 Å². The van der Waals surface area contributed by atoms with Gasteiger partial charge >= 0.3 is 0 Å². The van der Waals surface area contributed by atoms with Gasteiger partial charge in [-0.3, -0.25) is 4.79 Å². The first kappa shape index (κ1) is 12.9. The summed E-state index contributed by atoms with van der Waals surface area (Å²) in [5.74, 6) is 2.27. The Balaban J connectivity index is 1.82. The summed E-state index contributed by atoms with van der Waals surface area (Å²) < 4.78 is 0. The summed E-state index contributed by atoms with van der Waals surface area (Å²) in [6.07, 6.45) is 5.62. The van der Waals surface area contributed by atoms with Crippen molar-refractivity contribution in [3.05, 3.63) is 0 Å². The van der Waals surface area contributed by atoms with Crippen LogP contribution in [0.2, 0.25) is 0 Å². The number of amides is 1. The Morgan fingerprint density at radius 2 is 1.82 bits per heavy atom. The first-order valence-corrected chi connectivity index (χ1v) is 7.12. The Labute approximate surface area is 105 Å². The van der Waals surface area contributed by atoms with E-state index in [1.807, 2.05) is 4.90 Å². The van der Waals surface area contributed by atoms with Crippen LogP contribution in [0.4, 0.5) is 0 Å². The maximum Gasteiger partial charge on any atom is 0.225 e. The van der Waals surface area contributed by atoms with Crippen LogP contribution in [0.1, 0.15) is 46.0 Å². The minimum Gasteiger partial charge on any atom is -0.341 e. The van der Waals surface area contributed by atoms with E-state index in [4.69, 9.17) is 5.73 Å². The van der Waals surface area contributed by atoms with E-state index in [-0.39, 0.29) is 12.0 Å². The number of hydrogen-bond acceptors (Lipinski definition) is 2. The second-order valence-electron chi connectivity index (χ2n) is 6.19. The van der Waals surface area contributed by atoms with Crippen LogP contribution >= 0.6 is 0 Å². The summed E-state index contributed by atoms with van der Waals surface area (Å²) >= 11 is 0. The Bertz CT molecular complexity index is 269. The molecule has 98 valence electrons. The average molecular weight is 238 g/mol. The lowest BCUT2D eigenvalue weighted by Crippen LogP contribution is -2.38. The summed E-state index contributed by atoms with van der Waals surface area (Å²) in [6, 6.07) is 0.214. The number of rotatable bonds is 2. The highest BCUT2D eigenvalue weighted by Gasteiger charge is 2.32. The Morgan fingerprint density at radius 1 is 1.18 bits per heavy atom. The second-order valence-corrected chi connectivity index (χ2v) is 6.19. The largest absolute Gasteiger partial charge is 0.341 e. The maximum atomic E-state index is 12.3. The highest BCUT2D eigenvalue weighted by Crippen LogP contribution is 2.34. The van der Waals surface area contributed by atoms with Gasteiger partial charge < -0.3 is 10.6 Å². The molecular formula is C14H26N2O. The number of hydrogen-bond donors (Lipinski definition) is 1. The van der Waals surface area contributed by atoms with Gasteiger partial charge in [0.1, 0.15) is 0 Å². The van der Waals surface area contributed by atoms with Crippen molar-refractivity contribution in [2.75, 3.05) is 13.1 Å². The molecule has 1 atom stereocenters. The van der Waals surface area contributed by atoms with Gasteiger partial charge in [0.25, 0.3) is 0 Å². The number of carbonyl (C=O) groups excluding carboxylic acids is 1. The highest BCUT2D eigenvalue weighted by molar-refractivity contribution is 5.79. The van der Waals surface area contributed by atoms with Gasteiger partial charge in [0.2, 0.25) is 5.91 Å². The molecule has 1 aliphatic heterocycles. The molecule has 2 N–H and O–H groups in total. The monoisotopic (exact) mass is 238 g/mol. The van der Waals surface area contributed by atoms with Gasteiger partial charge in [-0.05, 0) is 43.9 Å². The van der Waals surface area contributed by atoms with E-state index in [2.05, 4.69) is 13.8 Å². The molecule has 2 aliphatic rings. The topological polar surface area (TPSA) is 46.3 Å². The fourth-order valence-corrected chi connectivity index (χ4v) is 3.28. The summed E-state index contributed by atoms with van der Waals surface area (Å²) in [6.45, 7) is 6.26. The van der Waals surface area contributed by atoms with E-state index in [9.17, 15) is 4.79 Å². The third-order valence-electron chi connectivity index (χ3n) is 4.60. The molecule has 3 nitrogen and oxygen atoms in total. The van der Waals surface area contributed by atoms with Crippen molar-refractivity contribution in [3.63, 3.8) is 0 Å². The van der Waals surface area contributed by atoms with Crippen molar-refractivity contribution < 1.29 is 4.79 Å². The first-order valence-electron chi connectivity index (χ1n) is 7.12. The van der Waals surface area contributed by atoms with E-state index in [1.165, 1.54) is 12.8 Å². The van der Waals surface area contributed by atoms with Crippen LogP contribution in [0, 0.1) is 17.8 Å². The molecule has 3 heteroatoms. The van der Waals surface area contributed by atoms with E-state index >= 15 is 0 Å². The lowest BCUT2D eigenvalue weighted by atomic mass is 9.76. The minimum atomic E-state index is 0.214. The van der Waals surface area contributed by atoms with Crippen LogP contribution in [-0.4, -0.2) is 29.9 Å². The van der Waals surface area contributed by atoms with Crippen molar-refractivity contribution in [2.45, 2.75) is 52.0 Å². The molecule has 0 spiro atoms. The van der Waals surface area contributed by atoms with E-state index in [0.717, 1.165) is 44.2 Å². The van der Waals surface area contributed by atoms with Gasteiger partial charge in [0, 0.05) is 25.0 Å². The molecule has 0 unspecified atom stereocenters. The van der Waals surface area contributed by atoms with Gasteiger partial charge in [-0.15, -0.1) is 0 Å². The second kappa shape index (κ2) is 5.38. The summed E-state index contributed by atoms with van der Waals surface area (Å²) in [7, 11) is 0. The van der Waals surface area contributed by atoms with Gasteiger partial charge in [-0.2, -0.15) is 0 Å². The molecule has 1 heterocycles. The van der Waals surface area contributed by atoms with Crippen LogP contribution < -0.4 is 5.73 Å². The quantitative estimate of drug-likeness (QED) is 0.800. The summed E-state index contributed by atoms with van der Waals surface area (Å²) in [4.78, 5) is 14.3. The third-order valence-corrected chi connectivity index (χ3v) is 4.60. The molecule has 1 saturated heterocycles. The number of likely N-dealkylation sites (tertiary alicyclic amines) is 1. The molecule has 17 heavy (non-hydrogen) atoms. The van der Waals surface area contributed by atoms with Crippen molar-refractivity contribution in [1.82, 2.24) is 4.90 Å². The Kier molecular flexibility index (Phi) is 4.08. The van der Waals surface area contributed by atoms with Crippen LogP contribution in [0.15, 0.2) is 0 Å². The minimum absolute atomic E-state index is 0.214. The number of carbonyl (C=O) groups is 1. The molecule has 0 radical (unpaired) electrons. The van der Waals surface area contributed by atoms with Crippen LogP contribution in [0.3, 0.4) is 0 Å². The number of nitrogens with zero attached hydrogens (tertiary/aromatic N) is 1. The molecule has 0 bridgehead atoms. The zero-order chi connectivity index (χ0) is 12.4. The Morgan fingerprint density at radius 3 is 2.29 bits per heavy atom. The van der Waals surface area contributed by atoms with E-state index < -0.39 is 0 Å².